The van der Waals surface area contributed by atoms with Crippen molar-refractivity contribution in [3.63, 3.8) is 0 Å². The van der Waals surface area contributed by atoms with E-state index in [2.05, 4.69) is 15.2 Å². The molecule has 2 aromatic heterocycles. The molecule has 0 aliphatic rings. The van der Waals surface area contributed by atoms with Crippen LogP contribution in [0.1, 0.15) is 40.8 Å². The first-order valence-electron chi connectivity index (χ1n) is 15.2. The van der Waals surface area contributed by atoms with Crippen LogP contribution >= 0.6 is 0 Å². The summed E-state index contributed by atoms with van der Waals surface area (Å²) in [6, 6.07) is 16.1. The van der Waals surface area contributed by atoms with Crippen molar-refractivity contribution < 1.29 is 40.2 Å². The van der Waals surface area contributed by atoms with Gasteiger partial charge < -0.3 is 10.0 Å². The van der Waals surface area contributed by atoms with Crippen molar-refractivity contribution in [1.82, 2.24) is 24.5 Å². The molecule has 2 heterocycles. The van der Waals surface area contributed by atoms with Gasteiger partial charge in [-0.25, -0.2) is 18.4 Å². The van der Waals surface area contributed by atoms with Crippen LogP contribution in [0.3, 0.4) is 0 Å². The van der Waals surface area contributed by atoms with Crippen molar-refractivity contribution >= 4 is 16.6 Å². The fourth-order valence-electron chi connectivity index (χ4n) is 5.86. The molecule has 2 atom stereocenters. The minimum Gasteiger partial charge on any atom is -0.381 e. The monoisotopic (exact) mass is 700 g/mol. The summed E-state index contributed by atoms with van der Waals surface area (Å²) in [6.45, 7) is 1.13. The molecule has 0 spiro atoms. The first-order chi connectivity index (χ1) is 23.6. The van der Waals surface area contributed by atoms with Crippen LogP contribution in [-0.4, -0.2) is 29.7 Å². The van der Waals surface area contributed by atoms with Gasteiger partial charge in [-0.2, -0.15) is 36.5 Å². The molecule has 6 aromatic rings. The fraction of sp³-hybridized carbons (Fsp3) is 0.229. The lowest BCUT2D eigenvalue weighted by Crippen LogP contribution is -2.40. The number of aromatic nitrogens is 5. The number of aliphatic hydroxyl groups is 1. The molecule has 7 nitrogen and oxygen atoms in total. The molecule has 0 radical (unpaired) electrons. The SMILES string of the molecule is C[C@@H](n1cc2cc(N(Cc3cccc(C(F)(F)F)c3)Cc3cccc(C(F)(F)F)c3)ccc2n1)[C@](O)(Cn1cncn1)c1ccc(F)cc1F. The molecular formula is C35H28F8N6O. The normalized spacial score (nSPS) is 14.1. The lowest BCUT2D eigenvalue weighted by molar-refractivity contribution is -0.138. The third-order valence-corrected chi connectivity index (χ3v) is 8.48. The third kappa shape index (κ3) is 7.32. The molecule has 0 saturated heterocycles. The summed E-state index contributed by atoms with van der Waals surface area (Å²) in [6.07, 6.45) is -5.06. The molecule has 6 rings (SSSR count). The first kappa shape index (κ1) is 34.5. The van der Waals surface area contributed by atoms with E-state index in [1.54, 1.807) is 36.2 Å². The minimum absolute atomic E-state index is 0.0856. The maximum absolute atomic E-state index is 15.1. The molecule has 50 heavy (non-hydrogen) atoms. The van der Waals surface area contributed by atoms with Crippen LogP contribution < -0.4 is 4.90 Å². The maximum Gasteiger partial charge on any atom is 0.416 e. The summed E-state index contributed by atoms with van der Waals surface area (Å²) in [5.41, 5.74) is -2.52. The molecule has 0 aliphatic carbocycles. The van der Waals surface area contributed by atoms with Crippen molar-refractivity contribution in [2.75, 3.05) is 4.90 Å². The molecule has 1 N–H and O–H groups in total. The van der Waals surface area contributed by atoms with Crippen LogP contribution in [0.4, 0.5) is 40.8 Å². The van der Waals surface area contributed by atoms with E-state index >= 15 is 4.39 Å². The van der Waals surface area contributed by atoms with E-state index in [-0.39, 0.29) is 36.3 Å². The average molecular weight is 701 g/mol. The molecule has 0 unspecified atom stereocenters. The largest absolute Gasteiger partial charge is 0.416 e. The number of fused-ring (bicyclic) bond motifs is 1. The smallest absolute Gasteiger partial charge is 0.381 e. The zero-order chi connectivity index (χ0) is 35.8. The summed E-state index contributed by atoms with van der Waals surface area (Å²) in [5.74, 6) is -1.82. The van der Waals surface area contributed by atoms with Crippen molar-refractivity contribution in [2.45, 2.75) is 50.6 Å². The third-order valence-electron chi connectivity index (χ3n) is 8.48. The Morgan fingerprint density at radius 2 is 1.44 bits per heavy atom. The topological polar surface area (TPSA) is 72.0 Å². The number of halogens is 8. The van der Waals surface area contributed by atoms with E-state index in [4.69, 9.17) is 0 Å². The van der Waals surface area contributed by atoms with Crippen LogP contribution in [0.15, 0.2) is 104 Å². The predicted molar refractivity (Wildman–Crippen MR) is 167 cm³/mol. The van der Waals surface area contributed by atoms with Gasteiger partial charge in [-0.05, 0) is 66.6 Å². The fourth-order valence-corrected chi connectivity index (χ4v) is 5.86. The zero-order valence-corrected chi connectivity index (χ0v) is 26.2. The highest BCUT2D eigenvalue weighted by Gasteiger charge is 2.41. The van der Waals surface area contributed by atoms with Gasteiger partial charge in [0.1, 0.15) is 29.9 Å². The van der Waals surface area contributed by atoms with Gasteiger partial charge in [0.15, 0.2) is 0 Å². The van der Waals surface area contributed by atoms with E-state index in [1.165, 1.54) is 46.3 Å². The predicted octanol–water partition coefficient (Wildman–Crippen LogP) is 8.30. The van der Waals surface area contributed by atoms with Gasteiger partial charge in [0.25, 0.3) is 0 Å². The highest BCUT2D eigenvalue weighted by molar-refractivity contribution is 5.82. The van der Waals surface area contributed by atoms with Crippen molar-refractivity contribution in [1.29, 1.82) is 0 Å². The number of hydrogen-bond donors (Lipinski definition) is 1. The van der Waals surface area contributed by atoms with Crippen LogP contribution in [0.25, 0.3) is 10.9 Å². The highest BCUT2D eigenvalue weighted by Crippen LogP contribution is 2.38. The second kappa shape index (κ2) is 13.2. The van der Waals surface area contributed by atoms with Crippen molar-refractivity contribution in [3.05, 3.63) is 143 Å². The summed E-state index contributed by atoms with van der Waals surface area (Å²) >= 11 is 0. The molecule has 0 bridgehead atoms. The Hall–Kier alpha value is -5.31. The molecule has 0 saturated carbocycles. The van der Waals surface area contributed by atoms with E-state index < -0.39 is 46.8 Å². The van der Waals surface area contributed by atoms with Crippen molar-refractivity contribution in [2.24, 2.45) is 0 Å². The molecular weight excluding hydrogens is 672 g/mol. The molecule has 260 valence electrons. The van der Waals surface area contributed by atoms with Gasteiger partial charge in [-0.1, -0.05) is 30.3 Å². The lowest BCUT2D eigenvalue weighted by atomic mass is 9.86. The number of alkyl halides is 6. The lowest BCUT2D eigenvalue weighted by Gasteiger charge is -2.34. The van der Waals surface area contributed by atoms with Crippen LogP contribution in [0, 0.1) is 11.6 Å². The Morgan fingerprint density at radius 3 is 2.00 bits per heavy atom. The summed E-state index contributed by atoms with van der Waals surface area (Å²) < 4.78 is 113. The van der Waals surface area contributed by atoms with Gasteiger partial charge in [-0.15, -0.1) is 0 Å². The number of rotatable bonds is 10. The first-order valence-corrected chi connectivity index (χ1v) is 15.2. The molecule has 0 fully saturated rings. The number of benzene rings is 4. The van der Waals surface area contributed by atoms with E-state index in [9.17, 15) is 35.8 Å². The number of nitrogens with zero attached hydrogens (tertiary/aromatic N) is 6. The van der Waals surface area contributed by atoms with Gasteiger partial charge in [0, 0.05) is 42.0 Å². The zero-order valence-electron chi connectivity index (χ0n) is 26.2. The Morgan fingerprint density at radius 1 is 0.800 bits per heavy atom. The summed E-state index contributed by atoms with van der Waals surface area (Å²) in [7, 11) is 0. The molecule has 0 amide bonds. The quantitative estimate of drug-likeness (QED) is 0.146. The van der Waals surface area contributed by atoms with Gasteiger partial charge in [0.05, 0.1) is 29.2 Å². The Bertz CT molecular complexity index is 2050. The summed E-state index contributed by atoms with van der Waals surface area (Å²) in [4.78, 5) is 5.51. The number of hydrogen-bond acceptors (Lipinski definition) is 5. The maximum atomic E-state index is 15.1. The standard InChI is InChI=1S/C35H28F8N6O/c1-22(33(50,19-48-21-44-20-45-48)30-10-8-28(36)15-31(30)37)49-18-25-14-29(9-11-32(25)46-49)47(16-23-4-2-6-26(12-23)34(38,39)40)17-24-5-3-7-27(13-24)35(41,42)43/h2-15,18,20-22,50H,16-17,19H2,1H3/t22-,33-/m1/s1. The molecule has 0 aliphatic heterocycles. The van der Waals surface area contributed by atoms with E-state index in [0.29, 0.717) is 22.7 Å². The number of anilines is 1. The minimum atomic E-state index is -4.60. The second-order valence-electron chi connectivity index (χ2n) is 11.9. The summed E-state index contributed by atoms with van der Waals surface area (Å²) in [5, 5.41) is 21.1. The Balaban J connectivity index is 1.38. The second-order valence-corrected chi connectivity index (χ2v) is 11.9. The Kier molecular flexibility index (Phi) is 9.12. The van der Waals surface area contributed by atoms with Gasteiger partial charge in [0.2, 0.25) is 0 Å². The van der Waals surface area contributed by atoms with E-state index in [0.717, 1.165) is 36.4 Å². The molecule has 4 aromatic carbocycles. The van der Waals surface area contributed by atoms with Gasteiger partial charge in [-0.3, -0.25) is 4.68 Å². The van der Waals surface area contributed by atoms with Crippen molar-refractivity contribution in [3.8, 4) is 0 Å². The van der Waals surface area contributed by atoms with Crippen LogP contribution in [0.5, 0.6) is 0 Å². The Labute approximate surface area is 280 Å². The molecule has 15 heteroatoms. The van der Waals surface area contributed by atoms with E-state index in [1.807, 2.05) is 0 Å². The highest BCUT2D eigenvalue weighted by atomic mass is 19.4. The van der Waals surface area contributed by atoms with Crippen LogP contribution in [0.2, 0.25) is 0 Å². The van der Waals surface area contributed by atoms with Gasteiger partial charge >= 0.3 is 12.4 Å². The van der Waals surface area contributed by atoms with Crippen LogP contribution in [-0.2, 0) is 37.6 Å². The average Bonchev–Trinajstić information content (AvgIpc) is 3.73.